The van der Waals surface area contributed by atoms with Gasteiger partial charge in [-0.1, -0.05) is 0 Å². The minimum Gasteiger partial charge on any atom is -0.496 e. The molecule has 1 aromatic heterocycles. The van der Waals surface area contributed by atoms with Crippen molar-refractivity contribution in [3.8, 4) is 5.75 Å². The highest BCUT2D eigenvalue weighted by molar-refractivity contribution is 5.93. The lowest BCUT2D eigenvalue weighted by molar-refractivity contribution is 0.0451. The van der Waals surface area contributed by atoms with Crippen molar-refractivity contribution in [1.29, 1.82) is 0 Å². The highest BCUT2D eigenvalue weighted by Crippen LogP contribution is 2.22. The summed E-state index contributed by atoms with van der Waals surface area (Å²) in [5, 5.41) is 4.08. The van der Waals surface area contributed by atoms with Crippen LogP contribution >= 0.6 is 0 Å². The van der Waals surface area contributed by atoms with Crippen molar-refractivity contribution in [3.05, 3.63) is 35.9 Å². The predicted molar refractivity (Wildman–Crippen MR) is 76.9 cm³/mol. The summed E-state index contributed by atoms with van der Waals surface area (Å²) in [5.74, 6) is 0.484. The highest BCUT2D eigenvalue weighted by atomic mass is 16.5. The van der Waals surface area contributed by atoms with Gasteiger partial charge in [0.2, 0.25) is 0 Å². The standard InChI is InChI=1S/C14H18N4O3/c1-9(2)18-13(16-8-17-18)7-21-14(19)11-6-10(15)4-5-12(11)20-3/h4-6,8-9H,7,15H2,1-3H3. The molecule has 2 aromatic rings. The molecule has 1 heterocycles. The van der Waals surface area contributed by atoms with E-state index in [0.717, 1.165) is 0 Å². The number of nitrogens with two attached hydrogens (primary N) is 1. The van der Waals surface area contributed by atoms with E-state index in [1.807, 2.05) is 13.8 Å². The van der Waals surface area contributed by atoms with Crippen LogP contribution in [0.5, 0.6) is 5.75 Å². The number of nitrogens with zero attached hydrogens (tertiary/aromatic N) is 3. The Morgan fingerprint density at radius 1 is 1.43 bits per heavy atom. The van der Waals surface area contributed by atoms with Gasteiger partial charge in [-0.2, -0.15) is 5.10 Å². The van der Waals surface area contributed by atoms with E-state index < -0.39 is 5.97 Å². The lowest BCUT2D eigenvalue weighted by Crippen LogP contribution is -2.13. The fraction of sp³-hybridized carbons (Fsp3) is 0.357. The Morgan fingerprint density at radius 2 is 2.19 bits per heavy atom. The molecule has 0 aliphatic heterocycles. The van der Waals surface area contributed by atoms with Crippen LogP contribution in [0.25, 0.3) is 0 Å². The van der Waals surface area contributed by atoms with Gasteiger partial charge < -0.3 is 15.2 Å². The van der Waals surface area contributed by atoms with Crippen molar-refractivity contribution in [2.45, 2.75) is 26.5 Å². The summed E-state index contributed by atoms with van der Waals surface area (Å²) in [6, 6.07) is 4.95. The topological polar surface area (TPSA) is 92.3 Å². The Bertz CT molecular complexity index is 637. The summed E-state index contributed by atoms with van der Waals surface area (Å²) in [6.07, 6.45) is 1.43. The van der Waals surface area contributed by atoms with Crippen molar-refractivity contribution in [1.82, 2.24) is 14.8 Å². The van der Waals surface area contributed by atoms with E-state index in [0.29, 0.717) is 17.3 Å². The maximum absolute atomic E-state index is 12.1. The molecule has 2 N–H and O–H groups in total. The number of carbonyl (C=O) groups is 1. The number of methoxy groups -OCH3 is 1. The molecule has 0 atom stereocenters. The number of aromatic nitrogens is 3. The predicted octanol–water partition coefficient (Wildman–Crippen LogP) is 1.81. The lowest BCUT2D eigenvalue weighted by Gasteiger charge is -2.11. The van der Waals surface area contributed by atoms with Gasteiger partial charge in [0, 0.05) is 11.7 Å². The number of esters is 1. The normalized spacial score (nSPS) is 10.7. The molecule has 0 saturated heterocycles. The second-order valence-corrected chi connectivity index (χ2v) is 4.75. The molecule has 1 aromatic carbocycles. The van der Waals surface area contributed by atoms with E-state index >= 15 is 0 Å². The molecule has 0 aliphatic rings. The maximum Gasteiger partial charge on any atom is 0.342 e. The molecule has 2 rings (SSSR count). The Labute approximate surface area is 122 Å². The minimum atomic E-state index is -0.516. The van der Waals surface area contributed by atoms with Gasteiger partial charge in [0.15, 0.2) is 12.4 Å². The van der Waals surface area contributed by atoms with E-state index in [-0.39, 0.29) is 18.2 Å². The zero-order valence-corrected chi connectivity index (χ0v) is 12.2. The molecule has 0 aliphatic carbocycles. The Hall–Kier alpha value is -2.57. The van der Waals surface area contributed by atoms with Crippen molar-refractivity contribution < 1.29 is 14.3 Å². The molecule has 0 spiro atoms. The van der Waals surface area contributed by atoms with Crippen LogP contribution in [0.2, 0.25) is 0 Å². The first kappa shape index (κ1) is 14.8. The molecule has 21 heavy (non-hydrogen) atoms. The molecule has 0 saturated carbocycles. The smallest absolute Gasteiger partial charge is 0.342 e. The van der Waals surface area contributed by atoms with E-state index in [1.165, 1.54) is 19.5 Å². The number of rotatable bonds is 5. The van der Waals surface area contributed by atoms with Crippen LogP contribution in [0.1, 0.15) is 36.1 Å². The summed E-state index contributed by atoms with van der Waals surface area (Å²) < 4.78 is 12.1. The SMILES string of the molecule is COc1ccc(N)cc1C(=O)OCc1ncnn1C(C)C. The van der Waals surface area contributed by atoms with Crippen LogP contribution < -0.4 is 10.5 Å². The van der Waals surface area contributed by atoms with Gasteiger partial charge in [0.25, 0.3) is 0 Å². The largest absolute Gasteiger partial charge is 0.496 e. The monoisotopic (exact) mass is 290 g/mol. The van der Waals surface area contributed by atoms with Crippen LogP contribution in [0.4, 0.5) is 5.69 Å². The fourth-order valence-corrected chi connectivity index (χ4v) is 1.90. The minimum absolute atomic E-state index is 0.0367. The third-order valence-electron chi connectivity index (χ3n) is 2.91. The van der Waals surface area contributed by atoms with Gasteiger partial charge in [-0.25, -0.2) is 14.5 Å². The second kappa shape index (κ2) is 6.25. The van der Waals surface area contributed by atoms with Crippen LogP contribution in [0.3, 0.4) is 0 Å². The van der Waals surface area contributed by atoms with Crippen LogP contribution in [0, 0.1) is 0 Å². The Balaban J connectivity index is 2.12. The number of carbonyl (C=O) groups excluding carboxylic acids is 1. The summed E-state index contributed by atoms with van der Waals surface area (Å²) in [4.78, 5) is 16.2. The Morgan fingerprint density at radius 3 is 2.86 bits per heavy atom. The average Bonchev–Trinajstić information content (AvgIpc) is 2.93. The number of ether oxygens (including phenoxy) is 2. The maximum atomic E-state index is 12.1. The summed E-state index contributed by atoms with van der Waals surface area (Å²) in [7, 11) is 1.48. The van der Waals surface area contributed by atoms with Crippen molar-refractivity contribution >= 4 is 11.7 Å². The van der Waals surface area contributed by atoms with Crippen LogP contribution in [0.15, 0.2) is 24.5 Å². The Kier molecular flexibility index (Phi) is 4.42. The molecule has 0 fully saturated rings. The van der Waals surface area contributed by atoms with Gasteiger partial charge in [-0.15, -0.1) is 0 Å². The van der Waals surface area contributed by atoms with Gasteiger partial charge in [-0.3, -0.25) is 0 Å². The molecule has 112 valence electrons. The highest BCUT2D eigenvalue weighted by Gasteiger charge is 2.16. The van der Waals surface area contributed by atoms with Crippen LogP contribution in [-0.2, 0) is 11.3 Å². The van der Waals surface area contributed by atoms with Gasteiger partial charge >= 0.3 is 5.97 Å². The van der Waals surface area contributed by atoms with Crippen molar-refractivity contribution in [2.75, 3.05) is 12.8 Å². The van der Waals surface area contributed by atoms with E-state index in [2.05, 4.69) is 10.1 Å². The average molecular weight is 290 g/mol. The lowest BCUT2D eigenvalue weighted by atomic mass is 10.2. The fourth-order valence-electron chi connectivity index (χ4n) is 1.90. The molecular formula is C14H18N4O3. The molecule has 0 radical (unpaired) electrons. The van der Waals surface area contributed by atoms with Crippen molar-refractivity contribution in [2.24, 2.45) is 0 Å². The number of hydrogen-bond donors (Lipinski definition) is 1. The number of anilines is 1. The number of benzene rings is 1. The van der Waals surface area contributed by atoms with E-state index in [4.69, 9.17) is 15.2 Å². The number of nitrogen functional groups attached to an aromatic ring is 1. The molecule has 0 amide bonds. The third kappa shape index (κ3) is 3.31. The molecule has 0 unspecified atom stereocenters. The second-order valence-electron chi connectivity index (χ2n) is 4.75. The molecular weight excluding hydrogens is 272 g/mol. The van der Waals surface area contributed by atoms with Crippen molar-refractivity contribution in [3.63, 3.8) is 0 Å². The third-order valence-corrected chi connectivity index (χ3v) is 2.91. The first-order valence-corrected chi connectivity index (χ1v) is 6.52. The zero-order chi connectivity index (χ0) is 15.4. The summed E-state index contributed by atoms with van der Waals surface area (Å²) >= 11 is 0. The first-order valence-electron chi connectivity index (χ1n) is 6.52. The number of hydrogen-bond acceptors (Lipinski definition) is 6. The van der Waals surface area contributed by atoms with E-state index in [9.17, 15) is 4.79 Å². The van der Waals surface area contributed by atoms with Gasteiger partial charge in [0.1, 0.15) is 17.6 Å². The van der Waals surface area contributed by atoms with Crippen LogP contribution in [-0.4, -0.2) is 27.8 Å². The molecule has 0 bridgehead atoms. The summed E-state index contributed by atoms with van der Waals surface area (Å²) in [5.41, 5.74) is 6.44. The first-order chi connectivity index (χ1) is 10.0. The summed E-state index contributed by atoms with van der Waals surface area (Å²) in [6.45, 7) is 3.98. The quantitative estimate of drug-likeness (QED) is 0.667. The zero-order valence-electron chi connectivity index (χ0n) is 12.2. The van der Waals surface area contributed by atoms with Gasteiger partial charge in [-0.05, 0) is 32.0 Å². The molecule has 7 heteroatoms. The van der Waals surface area contributed by atoms with Gasteiger partial charge in [0.05, 0.1) is 7.11 Å². The van der Waals surface area contributed by atoms with E-state index in [1.54, 1.807) is 16.8 Å². The molecule has 7 nitrogen and oxygen atoms in total.